The molecule has 1 aliphatic carbocycles. The quantitative estimate of drug-likeness (QED) is 0.821. The lowest BCUT2D eigenvalue weighted by molar-refractivity contribution is -0.134. The predicted octanol–water partition coefficient (Wildman–Crippen LogP) is 1.48. The summed E-state index contributed by atoms with van der Waals surface area (Å²) < 4.78 is 0. The molecule has 2 fully saturated rings. The maximum Gasteiger partial charge on any atom is 0.222 e. The number of amides is 1. The average Bonchev–Trinajstić information content (AvgIpc) is 2.46. The van der Waals surface area contributed by atoms with Crippen LogP contribution in [0.25, 0.3) is 0 Å². The summed E-state index contributed by atoms with van der Waals surface area (Å²) in [6, 6.07) is 0. The van der Waals surface area contributed by atoms with Crippen molar-refractivity contribution in [3.05, 3.63) is 0 Å². The van der Waals surface area contributed by atoms with E-state index in [4.69, 9.17) is 5.11 Å². The zero-order valence-corrected chi connectivity index (χ0v) is 12.0. The molecule has 2 aliphatic rings. The van der Waals surface area contributed by atoms with Gasteiger partial charge in [-0.1, -0.05) is 19.3 Å². The van der Waals surface area contributed by atoms with Gasteiger partial charge in [-0.05, 0) is 25.2 Å². The first-order chi connectivity index (χ1) is 9.29. The van der Waals surface area contributed by atoms with Crippen molar-refractivity contribution in [2.75, 3.05) is 39.3 Å². The second kappa shape index (κ2) is 7.85. The van der Waals surface area contributed by atoms with Crippen LogP contribution in [0.3, 0.4) is 0 Å². The molecule has 0 aromatic carbocycles. The summed E-state index contributed by atoms with van der Waals surface area (Å²) in [7, 11) is 0. The molecule has 1 heterocycles. The fraction of sp³-hybridized carbons (Fsp3) is 0.933. The Balaban J connectivity index is 1.67. The van der Waals surface area contributed by atoms with Crippen molar-refractivity contribution >= 4 is 5.91 Å². The Morgan fingerprint density at radius 2 is 1.74 bits per heavy atom. The van der Waals surface area contributed by atoms with Crippen molar-refractivity contribution in [3.63, 3.8) is 0 Å². The fourth-order valence-electron chi connectivity index (χ4n) is 3.28. The summed E-state index contributed by atoms with van der Waals surface area (Å²) >= 11 is 0. The minimum atomic E-state index is 0.265. The lowest BCUT2D eigenvalue weighted by atomic mass is 9.86. The van der Waals surface area contributed by atoms with Crippen LogP contribution in [-0.2, 0) is 4.79 Å². The van der Waals surface area contributed by atoms with E-state index < -0.39 is 0 Å². The van der Waals surface area contributed by atoms with Crippen LogP contribution < -0.4 is 0 Å². The van der Waals surface area contributed by atoms with E-state index in [9.17, 15) is 4.79 Å². The molecule has 0 atom stereocenters. The Bertz CT molecular complexity index is 269. The highest BCUT2D eigenvalue weighted by atomic mass is 16.3. The summed E-state index contributed by atoms with van der Waals surface area (Å²) in [5.41, 5.74) is 0. The molecular weight excluding hydrogens is 240 g/mol. The van der Waals surface area contributed by atoms with E-state index in [1.54, 1.807) is 0 Å². The van der Waals surface area contributed by atoms with Crippen LogP contribution in [0.15, 0.2) is 0 Å². The Labute approximate surface area is 116 Å². The van der Waals surface area contributed by atoms with Gasteiger partial charge in [-0.3, -0.25) is 9.69 Å². The molecule has 2 rings (SSSR count). The molecule has 1 N–H and O–H groups in total. The van der Waals surface area contributed by atoms with E-state index in [1.165, 1.54) is 32.1 Å². The van der Waals surface area contributed by atoms with E-state index in [0.29, 0.717) is 11.8 Å². The maximum absolute atomic E-state index is 12.3. The standard InChI is InChI=1S/C15H28N2O2/c18-12-4-7-16-8-10-17(11-9-16)15(19)13-14-5-2-1-3-6-14/h14,18H,1-13H2. The van der Waals surface area contributed by atoms with Gasteiger partial charge in [0.2, 0.25) is 5.91 Å². The van der Waals surface area contributed by atoms with Gasteiger partial charge in [-0.2, -0.15) is 0 Å². The van der Waals surface area contributed by atoms with Crippen LogP contribution in [-0.4, -0.2) is 60.1 Å². The average molecular weight is 268 g/mol. The Hall–Kier alpha value is -0.610. The van der Waals surface area contributed by atoms with Gasteiger partial charge in [0.05, 0.1) is 0 Å². The van der Waals surface area contributed by atoms with E-state index in [1.807, 2.05) is 4.90 Å². The van der Waals surface area contributed by atoms with Crippen molar-refractivity contribution in [2.24, 2.45) is 5.92 Å². The van der Waals surface area contributed by atoms with Gasteiger partial charge in [0.1, 0.15) is 0 Å². The summed E-state index contributed by atoms with van der Waals surface area (Å²) in [4.78, 5) is 16.6. The number of piperazine rings is 1. The van der Waals surface area contributed by atoms with Crippen LogP contribution in [0.1, 0.15) is 44.9 Å². The molecule has 4 heteroatoms. The molecule has 0 unspecified atom stereocenters. The van der Waals surface area contributed by atoms with Crippen LogP contribution in [0.4, 0.5) is 0 Å². The highest BCUT2D eigenvalue weighted by Gasteiger charge is 2.24. The largest absolute Gasteiger partial charge is 0.396 e. The molecule has 0 radical (unpaired) electrons. The first kappa shape index (κ1) is 14.8. The number of carbonyl (C=O) groups is 1. The molecule has 0 bridgehead atoms. The normalized spacial score (nSPS) is 22.7. The number of rotatable bonds is 5. The minimum Gasteiger partial charge on any atom is -0.396 e. The number of carbonyl (C=O) groups excluding carboxylic acids is 1. The first-order valence-corrected chi connectivity index (χ1v) is 7.90. The van der Waals surface area contributed by atoms with E-state index >= 15 is 0 Å². The second-order valence-corrected chi connectivity index (χ2v) is 6.01. The van der Waals surface area contributed by atoms with E-state index in [0.717, 1.165) is 45.6 Å². The van der Waals surface area contributed by atoms with Gasteiger partial charge in [0, 0.05) is 45.8 Å². The Kier molecular flexibility index (Phi) is 6.11. The van der Waals surface area contributed by atoms with Gasteiger partial charge < -0.3 is 10.0 Å². The first-order valence-electron chi connectivity index (χ1n) is 7.90. The smallest absolute Gasteiger partial charge is 0.222 e. The topological polar surface area (TPSA) is 43.8 Å². The monoisotopic (exact) mass is 268 g/mol. The zero-order chi connectivity index (χ0) is 13.5. The number of hydrogen-bond acceptors (Lipinski definition) is 3. The highest BCUT2D eigenvalue weighted by Crippen LogP contribution is 2.26. The maximum atomic E-state index is 12.3. The molecule has 1 amide bonds. The van der Waals surface area contributed by atoms with Crippen molar-refractivity contribution in [1.82, 2.24) is 9.80 Å². The van der Waals surface area contributed by atoms with Gasteiger partial charge in [0.25, 0.3) is 0 Å². The van der Waals surface area contributed by atoms with Crippen LogP contribution in [0.2, 0.25) is 0 Å². The number of hydrogen-bond donors (Lipinski definition) is 1. The van der Waals surface area contributed by atoms with Gasteiger partial charge in [0.15, 0.2) is 0 Å². The Morgan fingerprint density at radius 1 is 1.05 bits per heavy atom. The lowest BCUT2D eigenvalue weighted by Gasteiger charge is -2.35. The van der Waals surface area contributed by atoms with Crippen molar-refractivity contribution in [1.29, 1.82) is 0 Å². The number of aliphatic hydroxyl groups excluding tert-OH is 1. The third-order valence-electron chi connectivity index (χ3n) is 4.55. The molecule has 0 spiro atoms. The highest BCUT2D eigenvalue weighted by molar-refractivity contribution is 5.76. The van der Waals surface area contributed by atoms with E-state index in [-0.39, 0.29) is 6.61 Å². The third-order valence-corrected chi connectivity index (χ3v) is 4.55. The van der Waals surface area contributed by atoms with Gasteiger partial charge >= 0.3 is 0 Å². The summed E-state index contributed by atoms with van der Waals surface area (Å²) in [6.45, 7) is 4.91. The SMILES string of the molecule is O=C(CC1CCCCC1)N1CCN(CCCO)CC1. The minimum absolute atomic E-state index is 0.265. The summed E-state index contributed by atoms with van der Waals surface area (Å²) in [6.07, 6.45) is 8.10. The van der Waals surface area contributed by atoms with Crippen molar-refractivity contribution in [2.45, 2.75) is 44.9 Å². The van der Waals surface area contributed by atoms with Gasteiger partial charge in [-0.25, -0.2) is 0 Å². The summed E-state index contributed by atoms with van der Waals surface area (Å²) in [5, 5.41) is 8.83. The third kappa shape index (κ3) is 4.77. The predicted molar refractivity (Wildman–Crippen MR) is 75.9 cm³/mol. The van der Waals surface area contributed by atoms with Crippen LogP contribution in [0, 0.1) is 5.92 Å². The molecule has 1 aliphatic heterocycles. The van der Waals surface area contributed by atoms with Crippen LogP contribution in [0.5, 0.6) is 0 Å². The van der Waals surface area contributed by atoms with Gasteiger partial charge in [-0.15, -0.1) is 0 Å². The van der Waals surface area contributed by atoms with Crippen LogP contribution >= 0.6 is 0 Å². The fourth-order valence-corrected chi connectivity index (χ4v) is 3.28. The summed E-state index contributed by atoms with van der Waals surface area (Å²) in [5.74, 6) is 1.02. The molecule has 4 nitrogen and oxygen atoms in total. The molecular formula is C15H28N2O2. The molecule has 110 valence electrons. The molecule has 1 saturated heterocycles. The van der Waals surface area contributed by atoms with E-state index in [2.05, 4.69) is 4.90 Å². The Morgan fingerprint density at radius 3 is 2.37 bits per heavy atom. The molecule has 19 heavy (non-hydrogen) atoms. The lowest BCUT2D eigenvalue weighted by Crippen LogP contribution is -2.49. The second-order valence-electron chi connectivity index (χ2n) is 6.01. The number of nitrogens with zero attached hydrogens (tertiary/aromatic N) is 2. The van der Waals surface area contributed by atoms with Crippen molar-refractivity contribution in [3.8, 4) is 0 Å². The van der Waals surface area contributed by atoms with Crippen molar-refractivity contribution < 1.29 is 9.90 Å². The molecule has 0 aromatic heterocycles. The zero-order valence-electron chi connectivity index (χ0n) is 12.0. The molecule has 0 aromatic rings. The molecule has 1 saturated carbocycles. The number of aliphatic hydroxyl groups is 1.